The van der Waals surface area contributed by atoms with Crippen molar-refractivity contribution in [3.63, 3.8) is 0 Å². The highest BCUT2D eigenvalue weighted by molar-refractivity contribution is 6.04. The quantitative estimate of drug-likeness (QED) is 0.439. The van der Waals surface area contributed by atoms with Crippen LogP contribution in [0.15, 0.2) is 67.0 Å². The molecule has 1 N–H and O–H groups in total. The predicted molar refractivity (Wildman–Crippen MR) is 115 cm³/mol. The van der Waals surface area contributed by atoms with E-state index in [0.717, 1.165) is 0 Å². The van der Waals surface area contributed by atoms with Crippen LogP contribution in [-0.4, -0.2) is 40.8 Å². The lowest BCUT2D eigenvalue weighted by Gasteiger charge is -2.41. The van der Waals surface area contributed by atoms with Crippen LogP contribution in [0, 0.1) is 5.82 Å². The van der Waals surface area contributed by atoms with Crippen LogP contribution in [0.2, 0.25) is 0 Å². The van der Waals surface area contributed by atoms with Crippen molar-refractivity contribution in [2.24, 2.45) is 0 Å². The van der Waals surface area contributed by atoms with Crippen LogP contribution in [0.5, 0.6) is 5.75 Å². The average Bonchev–Trinajstić information content (AvgIpc) is 2.79. The Morgan fingerprint density at radius 1 is 1.03 bits per heavy atom. The second kappa shape index (κ2) is 9.71. The van der Waals surface area contributed by atoms with Gasteiger partial charge in [0.25, 0.3) is 5.91 Å². The van der Waals surface area contributed by atoms with E-state index in [1.165, 1.54) is 48.8 Å². The van der Waals surface area contributed by atoms with E-state index in [9.17, 15) is 40.3 Å². The number of amides is 2. The molecular formula is C24H16F7N3O3. The van der Waals surface area contributed by atoms with E-state index in [2.05, 4.69) is 15.0 Å². The molecule has 4 rings (SSSR count). The molecular weight excluding hydrogens is 511 g/mol. The number of aromatic nitrogens is 1. The fourth-order valence-electron chi connectivity index (χ4n) is 4.21. The lowest BCUT2D eigenvalue weighted by Crippen LogP contribution is -2.49. The first-order chi connectivity index (χ1) is 17.3. The summed E-state index contributed by atoms with van der Waals surface area (Å²) < 4.78 is 96.1. The van der Waals surface area contributed by atoms with Crippen molar-refractivity contribution in [3.8, 4) is 5.75 Å². The van der Waals surface area contributed by atoms with Crippen molar-refractivity contribution in [3.05, 3.63) is 89.5 Å². The second-order valence-corrected chi connectivity index (χ2v) is 8.06. The molecule has 13 heteroatoms. The summed E-state index contributed by atoms with van der Waals surface area (Å²) in [5, 5.41) is 2.25. The zero-order chi connectivity index (χ0) is 27.0. The minimum Gasteiger partial charge on any atom is -0.406 e. The van der Waals surface area contributed by atoms with Gasteiger partial charge in [-0.25, -0.2) is 4.39 Å². The van der Waals surface area contributed by atoms with Gasteiger partial charge in [-0.3, -0.25) is 14.6 Å². The summed E-state index contributed by atoms with van der Waals surface area (Å²) in [6, 6.07) is 8.72. The summed E-state index contributed by atoms with van der Waals surface area (Å²) in [6.07, 6.45) is -7.41. The number of nitrogens with zero attached hydrogens (tertiary/aromatic N) is 2. The van der Waals surface area contributed by atoms with E-state index < -0.39 is 60.1 Å². The third kappa shape index (κ3) is 5.98. The molecule has 1 aliphatic heterocycles. The average molecular weight is 527 g/mol. The highest BCUT2D eigenvalue weighted by Gasteiger charge is 2.47. The van der Waals surface area contributed by atoms with Crippen LogP contribution >= 0.6 is 0 Å². The maximum absolute atomic E-state index is 14.0. The van der Waals surface area contributed by atoms with E-state index in [1.54, 1.807) is 0 Å². The minimum absolute atomic E-state index is 0.0837. The Morgan fingerprint density at radius 3 is 2.41 bits per heavy atom. The highest BCUT2D eigenvalue weighted by atomic mass is 19.4. The zero-order valence-electron chi connectivity index (χ0n) is 18.5. The first-order valence-electron chi connectivity index (χ1n) is 10.6. The summed E-state index contributed by atoms with van der Waals surface area (Å²) >= 11 is 0. The van der Waals surface area contributed by atoms with Crippen LogP contribution < -0.4 is 10.1 Å². The van der Waals surface area contributed by atoms with Gasteiger partial charge in [0.2, 0.25) is 5.91 Å². The molecule has 0 aliphatic carbocycles. The van der Waals surface area contributed by atoms with Gasteiger partial charge < -0.3 is 15.0 Å². The van der Waals surface area contributed by atoms with Gasteiger partial charge in [0.05, 0.1) is 12.0 Å². The van der Waals surface area contributed by atoms with E-state index in [0.29, 0.717) is 23.1 Å². The molecule has 0 bridgehead atoms. The Balaban J connectivity index is 1.80. The number of anilines is 1. The molecule has 37 heavy (non-hydrogen) atoms. The van der Waals surface area contributed by atoms with E-state index >= 15 is 0 Å². The maximum atomic E-state index is 14.0. The highest BCUT2D eigenvalue weighted by Crippen LogP contribution is 2.44. The number of ether oxygens (including phenoxy) is 1. The fraction of sp³-hybridized carbons (Fsp3) is 0.208. The van der Waals surface area contributed by atoms with Gasteiger partial charge >= 0.3 is 12.5 Å². The molecule has 2 atom stereocenters. The monoisotopic (exact) mass is 527 g/mol. The van der Waals surface area contributed by atoms with Crippen molar-refractivity contribution in [1.29, 1.82) is 0 Å². The molecule has 0 fully saturated rings. The first-order valence-corrected chi connectivity index (χ1v) is 10.6. The van der Waals surface area contributed by atoms with E-state index in [4.69, 9.17) is 0 Å². The van der Waals surface area contributed by atoms with Crippen molar-refractivity contribution >= 4 is 17.5 Å². The van der Waals surface area contributed by atoms with Crippen molar-refractivity contribution in [1.82, 2.24) is 9.88 Å². The number of alkyl halides is 6. The normalized spacial score (nSPS) is 17.8. The predicted octanol–water partition coefficient (Wildman–Crippen LogP) is 5.60. The maximum Gasteiger partial charge on any atom is 0.573 e. The van der Waals surface area contributed by atoms with Gasteiger partial charge in [0.15, 0.2) is 0 Å². The smallest absolute Gasteiger partial charge is 0.406 e. The van der Waals surface area contributed by atoms with E-state index in [-0.39, 0.29) is 16.7 Å². The number of benzene rings is 2. The number of carbonyl (C=O) groups excluding carboxylic acids is 2. The van der Waals surface area contributed by atoms with Gasteiger partial charge in [-0.2, -0.15) is 13.2 Å². The number of hydrogen-bond donors (Lipinski definition) is 1. The number of pyridine rings is 1. The standard InChI is InChI=1S/C24H16F7N3O3/c25-14-8-15(10-16(9-14)37-24(29,30)31)33-21(35)19-17-5-1-2-6-18(17)22(36)34(12-23(26,27)28)20(19)13-4-3-7-32-11-13/h1-11,19-20H,12H2,(H,33,35). The topological polar surface area (TPSA) is 71.5 Å². The Kier molecular flexibility index (Phi) is 6.80. The molecule has 1 aliphatic rings. The molecule has 2 heterocycles. The number of hydrogen-bond acceptors (Lipinski definition) is 4. The molecule has 1 aromatic heterocycles. The fourth-order valence-corrected chi connectivity index (χ4v) is 4.21. The van der Waals surface area contributed by atoms with Crippen molar-refractivity contribution in [2.45, 2.75) is 24.5 Å². The Hall–Kier alpha value is -4.16. The lowest BCUT2D eigenvalue weighted by atomic mass is 9.79. The number of fused-ring (bicyclic) bond motifs is 1. The van der Waals surface area contributed by atoms with Gasteiger partial charge in [0, 0.05) is 35.8 Å². The van der Waals surface area contributed by atoms with Gasteiger partial charge in [-0.1, -0.05) is 24.3 Å². The summed E-state index contributed by atoms with van der Waals surface area (Å²) in [5.41, 5.74) is -0.408. The number of carbonyl (C=O) groups is 2. The second-order valence-electron chi connectivity index (χ2n) is 8.06. The summed E-state index contributed by atoms with van der Waals surface area (Å²) in [6.45, 7) is -1.69. The molecule has 3 aromatic rings. The number of nitrogens with one attached hydrogen (secondary N) is 1. The van der Waals surface area contributed by atoms with Crippen LogP contribution in [0.3, 0.4) is 0 Å². The van der Waals surface area contributed by atoms with E-state index in [1.807, 2.05) is 0 Å². The summed E-state index contributed by atoms with van der Waals surface area (Å²) in [5.74, 6) is -5.55. The van der Waals surface area contributed by atoms with Crippen LogP contribution in [0.4, 0.5) is 36.4 Å². The SMILES string of the molecule is O=C(Nc1cc(F)cc(OC(F)(F)F)c1)C1c2ccccc2C(=O)N(CC(F)(F)F)C1c1cccnc1. The van der Waals surface area contributed by atoms with Gasteiger partial charge in [-0.05, 0) is 29.3 Å². The van der Waals surface area contributed by atoms with Crippen molar-refractivity contribution < 1.29 is 45.1 Å². The Bertz CT molecular complexity index is 1310. The summed E-state index contributed by atoms with van der Waals surface area (Å²) in [7, 11) is 0. The summed E-state index contributed by atoms with van der Waals surface area (Å²) in [4.78, 5) is 31.0. The Labute approximate surface area is 204 Å². The first kappa shape index (κ1) is 25.9. The molecule has 0 saturated carbocycles. The molecule has 2 unspecified atom stereocenters. The van der Waals surface area contributed by atoms with Gasteiger partial charge in [-0.15, -0.1) is 13.2 Å². The molecule has 2 aromatic carbocycles. The molecule has 0 spiro atoms. The molecule has 2 amide bonds. The van der Waals surface area contributed by atoms with Crippen LogP contribution in [0.25, 0.3) is 0 Å². The third-order valence-electron chi connectivity index (χ3n) is 5.47. The van der Waals surface area contributed by atoms with Crippen molar-refractivity contribution in [2.75, 3.05) is 11.9 Å². The minimum atomic E-state index is -5.14. The molecule has 0 radical (unpaired) electrons. The molecule has 6 nitrogen and oxygen atoms in total. The van der Waals surface area contributed by atoms with Crippen LogP contribution in [0.1, 0.15) is 33.4 Å². The van der Waals surface area contributed by atoms with Gasteiger partial charge in [0.1, 0.15) is 18.1 Å². The molecule has 194 valence electrons. The number of rotatable bonds is 5. The third-order valence-corrected chi connectivity index (χ3v) is 5.47. The largest absolute Gasteiger partial charge is 0.573 e. The molecule has 0 saturated heterocycles. The lowest BCUT2D eigenvalue weighted by molar-refractivity contribution is -0.274. The van der Waals surface area contributed by atoms with Crippen LogP contribution in [-0.2, 0) is 4.79 Å². The Morgan fingerprint density at radius 2 is 1.76 bits per heavy atom. The zero-order valence-corrected chi connectivity index (χ0v) is 18.5. The number of halogens is 7.